The number of β-amino-alcohol motifs (C(OH)–C–C–N with tert-alkyl or cyclic N) is 1. The number of nitrogens with one attached hydrogen (secondary N) is 2. The standard InChI is InChI=1S/C45H48F3N5O9S2/c1-26-38(63-25-50-26)29-13-10-27(11-14-29)23-49-40(56)32-22-30(54)24-53(32)42(58)39(44(2,3)4)51-37(55)16-18-61-19-17-52-41(57)36(64-43(52)59)21-28-12-15-34(35(20-28)60-5)62-33-9-7-6-8-31(33)45(46,47)48/h6-15,20-21,25,30,32,39,54H,16-19,22-24H2,1-5H3,(H,49,56)(H,51,55)/b36-21-/t30-,32+,39-/m1/s1. The van der Waals surface area contributed by atoms with Gasteiger partial charge in [-0.2, -0.15) is 13.2 Å². The molecule has 6 rings (SSSR count). The number of alkyl halides is 3. The van der Waals surface area contributed by atoms with Crippen molar-refractivity contribution in [2.75, 3.05) is 33.4 Å². The van der Waals surface area contributed by atoms with Crippen molar-refractivity contribution in [1.82, 2.24) is 25.4 Å². The van der Waals surface area contributed by atoms with Gasteiger partial charge in [-0.15, -0.1) is 11.3 Å². The summed E-state index contributed by atoms with van der Waals surface area (Å²) in [4.78, 5) is 74.3. The Morgan fingerprint density at radius 2 is 1.73 bits per heavy atom. The number of benzene rings is 3. The second-order valence-electron chi connectivity index (χ2n) is 16.1. The normalized spacial score (nSPS) is 17.8. The highest BCUT2D eigenvalue weighted by molar-refractivity contribution is 8.18. The van der Waals surface area contributed by atoms with Crippen LogP contribution in [0.15, 0.2) is 77.1 Å². The molecule has 2 aliphatic rings. The Hall–Kier alpha value is -5.76. The van der Waals surface area contributed by atoms with E-state index in [0.717, 1.165) is 32.7 Å². The Bertz CT molecular complexity index is 2400. The molecular weight excluding hydrogens is 876 g/mol. The number of hydrogen-bond donors (Lipinski definition) is 3. The van der Waals surface area contributed by atoms with Crippen LogP contribution in [0.25, 0.3) is 16.5 Å². The van der Waals surface area contributed by atoms with E-state index in [1.165, 1.54) is 54.5 Å². The number of carbonyl (C=O) groups is 5. The summed E-state index contributed by atoms with van der Waals surface area (Å²) in [7, 11) is 1.31. The molecule has 3 N–H and O–H groups in total. The highest BCUT2D eigenvalue weighted by Gasteiger charge is 2.44. The summed E-state index contributed by atoms with van der Waals surface area (Å²) in [5.41, 5.74) is 3.28. The third kappa shape index (κ3) is 11.7. The number of para-hydroxylation sites is 1. The van der Waals surface area contributed by atoms with Gasteiger partial charge in [-0.25, -0.2) is 4.98 Å². The lowest BCUT2D eigenvalue weighted by atomic mass is 9.85. The molecule has 0 unspecified atom stereocenters. The van der Waals surface area contributed by atoms with E-state index < -0.39 is 70.0 Å². The van der Waals surface area contributed by atoms with E-state index in [1.807, 2.05) is 31.2 Å². The molecule has 2 aliphatic heterocycles. The molecule has 19 heteroatoms. The lowest BCUT2D eigenvalue weighted by Crippen LogP contribution is -2.57. The molecule has 3 atom stereocenters. The van der Waals surface area contributed by atoms with E-state index in [0.29, 0.717) is 17.3 Å². The predicted octanol–water partition coefficient (Wildman–Crippen LogP) is 7.19. The average molecular weight is 924 g/mol. The van der Waals surface area contributed by atoms with Gasteiger partial charge in [-0.1, -0.05) is 63.2 Å². The molecule has 3 aromatic carbocycles. The van der Waals surface area contributed by atoms with Crippen LogP contribution in [0.5, 0.6) is 17.2 Å². The third-order valence-electron chi connectivity index (χ3n) is 10.4. The molecule has 14 nitrogen and oxygen atoms in total. The smallest absolute Gasteiger partial charge is 0.419 e. The molecule has 5 amide bonds. The summed E-state index contributed by atoms with van der Waals surface area (Å²) < 4.78 is 57.0. The van der Waals surface area contributed by atoms with E-state index in [2.05, 4.69) is 15.6 Å². The number of imide groups is 1. The first-order valence-electron chi connectivity index (χ1n) is 20.2. The largest absolute Gasteiger partial charge is 0.493 e. The zero-order valence-electron chi connectivity index (χ0n) is 35.7. The van der Waals surface area contributed by atoms with Gasteiger partial charge >= 0.3 is 6.18 Å². The summed E-state index contributed by atoms with van der Waals surface area (Å²) >= 11 is 2.25. The van der Waals surface area contributed by atoms with Crippen molar-refractivity contribution in [2.45, 2.75) is 71.4 Å². The Kier molecular flexibility index (Phi) is 15.2. The zero-order chi connectivity index (χ0) is 46.3. The van der Waals surface area contributed by atoms with Gasteiger partial charge in [0.1, 0.15) is 17.8 Å². The summed E-state index contributed by atoms with van der Waals surface area (Å²) in [5.74, 6) is -2.33. The van der Waals surface area contributed by atoms with Gasteiger partial charge in [0.25, 0.3) is 11.1 Å². The number of halogens is 3. The van der Waals surface area contributed by atoms with Gasteiger partial charge < -0.3 is 34.9 Å². The predicted molar refractivity (Wildman–Crippen MR) is 234 cm³/mol. The number of aryl methyl sites for hydroxylation is 1. The second kappa shape index (κ2) is 20.4. The zero-order valence-corrected chi connectivity index (χ0v) is 37.3. The summed E-state index contributed by atoms with van der Waals surface area (Å²) in [6, 6.07) is 14.9. The molecule has 4 aromatic rings. The van der Waals surface area contributed by atoms with E-state index >= 15 is 0 Å². The quantitative estimate of drug-likeness (QED) is 0.0766. The van der Waals surface area contributed by atoms with Crippen LogP contribution in [0.4, 0.5) is 18.0 Å². The first kappa shape index (κ1) is 47.7. The van der Waals surface area contributed by atoms with Crippen molar-refractivity contribution in [3.63, 3.8) is 0 Å². The first-order chi connectivity index (χ1) is 30.3. The molecule has 0 saturated carbocycles. The monoisotopic (exact) mass is 923 g/mol. The maximum Gasteiger partial charge on any atom is 0.419 e. The molecule has 0 bridgehead atoms. The van der Waals surface area contributed by atoms with E-state index in [9.17, 15) is 42.3 Å². The van der Waals surface area contributed by atoms with Crippen LogP contribution in [0.2, 0.25) is 0 Å². The van der Waals surface area contributed by atoms with Crippen LogP contribution in [0, 0.1) is 12.3 Å². The summed E-state index contributed by atoms with van der Waals surface area (Å²) in [6.07, 6.45) is -4.24. The van der Waals surface area contributed by atoms with E-state index in [4.69, 9.17) is 14.2 Å². The van der Waals surface area contributed by atoms with Crippen molar-refractivity contribution < 1.29 is 56.5 Å². The molecule has 0 aliphatic carbocycles. The van der Waals surface area contributed by atoms with Crippen molar-refractivity contribution in [1.29, 1.82) is 0 Å². The lowest BCUT2D eigenvalue weighted by Gasteiger charge is -2.35. The SMILES string of the molecule is COc1cc(/C=C2\SC(=O)N(CCOCCC(=O)N[C@H](C(=O)N3C[C@H](O)C[C@H]3C(=O)NCc3ccc(-c4scnc4C)cc3)C(C)(C)C)C2=O)ccc1Oc1ccccc1C(F)(F)F. The summed E-state index contributed by atoms with van der Waals surface area (Å²) in [5, 5.41) is 15.7. The fourth-order valence-corrected chi connectivity index (χ4v) is 8.72. The van der Waals surface area contributed by atoms with Gasteiger partial charge in [0.05, 0.1) is 59.5 Å². The number of thioether (sulfide) groups is 1. The molecule has 3 heterocycles. The maximum atomic E-state index is 14.0. The number of thiazole rings is 1. The van der Waals surface area contributed by atoms with Crippen LogP contribution < -0.4 is 20.1 Å². The highest BCUT2D eigenvalue weighted by Crippen LogP contribution is 2.41. The molecule has 64 heavy (non-hydrogen) atoms. The van der Waals surface area contributed by atoms with Gasteiger partial charge in [0, 0.05) is 25.9 Å². The number of ether oxygens (including phenoxy) is 3. The number of nitrogens with zero attached hydrogens (tertiary/aromatic N) is 3. The number of methoxy groups -OCH3 is 1. The van der Waals surface area contributed by atoms with Crippen molar-refractivity contribution in [2.24, 2.45) is 5.41 Å². The number of carbonyl (C=O) groups excluding carboxylic acids is 5. The fourth-order valence-electron chi connectivity index (χ4n) is 7.05. The highest BCUT2D eigenvalue weighted by atomic mass is 32.2. The minimum Gasteiger partial charge on any atom is -0.493 e. The fraction of sp³-hybridized carbons (Fsp3) is 0.378. The number of hydrogen-bond acceptors (Lipinski definition) is 12. The van der Waals surface area contributed by atoms with E-state index in [1.54, 1.807) is 37.6 Å². The van der Waals surface area contributed by atoms with Gasteiger partial charge in [-0.05, 0) is 71.1 Å². The lowest BCUT2D eigenvalue weighted by molar-refractivity contribution is -0.144. The first-order valence-corrected chi connectivity index (χ1v) is 21.9. The number of aromatic nitrogens is 1. The van der Waals surface area contributed by atoms with Crippen LogP contribution >= 0.6 is 23.1 Å². The van der Waals surface area contributed by atoms with Crippen LogP contribution in [-0.4, -0.2) is 100 Å². The van der Waals surface area contributed by atoms with Crippen molar-refractivity contribution in [3.8, 4) is 27.7 Å². The van der Waals surface area contributed by atoms with Crippen LogP contribution in [-0.2, 0) is 36.6 Å². The molecule has 340 valence electrons. The van der Waals surface area contributed by atoms with Crippen LogP contribution in [0.3, 0.4) is 0 Å². The van der Waals surface area contributed by atoms with E-state index in [-0.39, 0.29) is 62.1 Å². The Labute approximate surface area is 376 Å². The van der Waals surface area contributed by atoms with Crippen LogP contribution in [0.1, 0.15) is 56.0 Å². The van der Waals surface area contributed by atoms with Gasteiger partial charge in [-0.3, -0.25) is 28.9 Å². The molecular formula is C45H48F3N5O9S2. The molecule has 0 spiro atoms. The second-order valence-corrected chi connectivity index (χ2v) is 18.0. The number of amides is 5. The Balaban J connectivity index is 0.976. The minimum atomic E-state index is -4.64. The van der Waals surface area contributed by atoms with Crippen molar-refractivity contribution in [3.05, 3.63) is 99.5 Å². The molecule has 0 radical (unpaired) electrons. The summed E-state index contributed by atoms with van der Waals surface area (Å²) in [6.45, 7) is 7.11. The molecule has 2 saturated heterocycles. The number of aliphatic hydroxyl groups excluding tert-OH is 1. The van der Waals surface area contributed by atoms with Crippen molar-refractivity contribution >= 4 is 58.0 Å². The van der Waals surface area contributed by atoms with Gasteiger partial charge in [0.2, 0.25) is 17.7 Å². The Morgan fingerprint density at radius 1 is 1.00 bits per heavy atom. The van der Waals surface area contributed by atoms with Gasteiger partial charge in [0.15, 0.2) is 11.5 Å². The molecule has 1 aromatic heterocycles. The minimum absolute atomic E-state index is 0.00723. The average Bonchev–Trinajstić information content (AvgIpc) is 3.94. The Morgan fingerprint density at radius 3 is 2.41 bits per heavy atom. The number of likely N-dealkylation sites (tertiary alicyclic amines) is 1. The number of aliphatic hydroxyl groups is 1. The maximum absolute atomic E-state index is 14.0. The topological polar surface area (TPSA) is 177 Å². The number of rotatable bonds is 16. The third-order valence-corrected chi connectivity index (χ3v) is 12.3. The molecule has 2 fully saturated rings.